The zero-order chi connectivity index (χ0) is 12.5. The highest BCUT2D eigenvalue weighted by atomic mass is 15.2. The normalized spacial score (nSPS) is 28.3. The van der Waals surface area contributed by atoms with Crippen molar-refractivity contribution in [3.05, 3.63) is 29.3 Å². The van der Waals surface area contributed by atoms with Gasteiger partial charge >= 0.3 is 0 Å². The highest BCUT2D eigenvalue weighted by Crippen LogP contribution is 2.37. The van der Waals surface area contributed by atoms with Gasteiger partial charge in [-0.2, -0.15) is 0 Å². The third-order valence-corrected chi connectivity index (χ3v) is 4.83. The number of aryl methyl sites for hydroxylation is 1. The van der Waals surface area contributed by atoms with E-state index in [1.807, 2.05) is 0 Å². The molecule has 0 bridgehead atoms. The number of rotatable bonds is 2. The molecule has 0 amide bonds. The van der Waals surface area contributed by atoms with Crippen molar-refractivity contribution in [2.24, 2.45) is 5.92 Å². The average Bonchev–Trinajstić information content (AvgIpc) is 2.83. The maximum absolute atomic E-state index is 5.89. The first-order valence-electron chi connectivity index (χ1n) is 7.33. The predicted octanol–water partition coefficient (Wildman–Crippen LogP) is 3.34. The number of nitrogens with two attached hydrogens (primary N) is 1. The molecule has 2 heteroatoms. The summed E-state index contributed by atoms with van der Waals surface area (Å²) in [5.41, 5.74) is 9.45. The van der Waals surface area contributed by atoms with Crippen LogP contribution in [0.3, 0.4) is 0 Å². The first kappa shape index (κ1) is 12.0. The molecule has 0 aromatic heterocycles. The lowest BCUT2D eigenvalue weighted by Crippen LogP contribution is -2.41. The van der Waals surface area contributed by atoms with Gasteiger partial charge in [-0.25, -0.2) is 0 Å². The van der Waals surface area contributed by atoms with E-state index in [4.69, 9.17) is 5.73 Å². The minimum absolute atomic E-state index is 0.858. The van der Waals surface area contributed by atoms with Crippen LogP contribution in [0.25, 0.3) is 0 Å². The Morgan fingerprint density at radius 2 is 2.06 bits per heavy atom. The molecule has 2 aliphatic rings. The molecular weight excluding hydrogens is 220 g/mol. The Bertz CT molecular complexity index is 427. The number of benzene rings is 1. The van der Waals surface area contributed by atoms with Gasteiger partial charge < -0.3 is 5.73 Å². The van der Waals surface area contributed by atoms with Crippen LogP contribution >= 0.6 is 0 Å². The van der Waals surface area contributed by atoms with Crippen LogP contribution in [0.1, 0.15) is 43.2 Å². The van der Waals surface area contributed by atoms with Crippen molar-refractivity contribution in [3.63, 3.8) is 0 Å². The van der Waals surface area contributed by atoms with Crippen LogP contribution < -0.4 is 5.73 Å². The highest BCUT2D eigenvalue weighted by Gasteiger charge is 2.34. The molecule has 3 rings (SSSR count). The second-order valence-electron chi connectivity index (χ2n) is 6.06. The summed E-state index contributed by atoms with van der Waals surface area (Å²) in [4.78, 5) is 2.71. The number of likely N-dealkylation sites (tertiary alicyclic amines) is 1. The number of piperidine rings is 1. The number of fused-ring (bicyclic) bond motifs is 1. The van der Waals surface area contributed by atoms with Gasteiger partial charge in [0.25, 0.3) is 0 Å². The van der Waals surface area contributed by atoms with Crippen molar-refractivity contribution in [3.8, 4) is 0 Å². The van der Waals surface area contributed by atoms with Gasteiger partial charge in [-0.1, -0.05) is 18.6 Å². The van der Waals surface area contributed by atoms with Crippen LogP contribution in [0.4, 0.5) is 5.69 Å². The summed E-state index contributed by atoms with van der Waals surface area (Å²) in [5, 5.41) is 0. The van der Waals surface area contributed by atoms with Crippen LogP contribution in [-0.4, -0.2) is 17.5 Å². The van der Waals surface area contributed by atoms with Crippen molar-refractivity contribution in [1.29, 1.82) is 0 Å². The molecule has 2 N–H and O–H groups in total. The summed E-state index contributed by atoms with van der Waals surface area (Å²) >= 11 is 0. The minimum Gasteiger partial charge on any atom is -0.399 e. The monoisotopic (exact) mass is 244 g/mol. The van der Waals surface area contributed by atoms with Gasteiger partial charge in [0.1, 0.15) is 0 Å². The minimum atomic E-state index is 0.858. The molecule has 0 radical (unpaired) electrons. The molecule has 1 aromatic carbocycles. The Morgan fingerprint density at radius 1 is 1.22 bits per heavy atom. The molecule has 98 valence electrons. The molecule has 2 nitrogen and oxygen atoms in total. The van der Waals surface area contributed by atoms with Crippen LogP contribution in [0.15, 0.2) is 18.2 Å². The fourth-order valence-corrected chi connectivity index (χ4v) is 3.82. The third kappa shape index (κ3) is 2.26. The first-order valence-corrected chi connectivity index (χ1v) is 7.33. The lowest BCUT2D eigenvalue weighted by atomic mass is 9.91. The second kappa shape index (κ2) is 4.93. The molecular formula is C16H24N2. The molecule has 1 saturated heterocycles. The van der Waals surface area contributed by atoms with Gasteiger partial charge in [0, 0.05) is 18.3 Å². The molecule has 0 spiro atoms. The van der Waals surface area contributed by atoms with Gasteiger partial charge in [-0.3, -0.25) is 4.90 Å². The summed E-state index contributed by atoms with van der Waals surface area (Å²) in [6.45, 7) is 4.50. The van der Waals surface area contributed by atoms with Gasteiger partial charge in [0.2, 0.25) is 0 Å². The predicted molar refractivity (Wildman–Crippen MR) is 76.4 cm³/mol. The molecule has 1 aromatic rings. The Balaban J connectivity index is 1.73. The maximum Gasteiger partial charge on any atom is 0.0343 e. The van der Waals surface area contributed by atoms with Crippen LogP contribution in [0, 0.1) is 12.8 Å². The Labute approximate surface area is 110 Å². The quantitative estimate of drug-likeness (QED) is 0.808. The van der Waals surface area contributed by atoms with Crippen molar-refractivity contribution < 1.29 is 0 Å². The molecule has 1 aliphatic heterocycles. The Hall–Kier alpha value is -1.02. The van der Waals surface area contributed by atoms with Crippen LogP contribution in [0.2, 0.25) is 0 Å². The molecule has 18 heavy (non-hydrogen) atoms. The Morgan fingerprint density at radius 3 is 2.89 bits per heavy atom. The van der Waals surface area contributed by atoms with E-state index in [0.717, 1.165) is 24.2 Å². The fraction of sp³-hybridized carbons (Fsp3) is 0.625. The molecule has 1 aliphatic carbocycles. The SMILES string of the molecule is Cc1cc(CN2CCCC3CCCC32)ccc1N. The molecule has 1 heterocycles. The maximum atomic E-state index is 5.89. The van der Waals surface area contributed by atoms with E-state index in [2.05, 4.69) is 30.0 Å². The summed E-state index contributed by atoms with van der Waals surface area (Å²) in [6.07, 6.45) is 7.16. The number of anilines is 1. The fourth-order valence-electron chi connectivity index (χ4n) is 3.82. The summed E-state index contributed by atoms with van der Waals surface area (Å²) < 4.78 is 0. The largest absolute Gasteiger partial charge is 0.399 e. The summed E-state index contributed by atoms with van der Waals surface area (Å²) in [5.74, 6) is 0.980. The number of hydrogen-bond donors (Lipinski definition) is 1. The smallest absolute Gasteiger partial charge is 0.0343 e. The highest BCUT2D eigenvalue weighted by molar-refractivity contribution is 5.47. The summed E-state index contributed by atoms with van der Waals surface area (Å²) in [6, 6.07) is 7.37. The van der Waals surface area contributed by atoms with E-state index in [0.29, 0.717) is 0 Å². The van der Waals surface area contributed by atoms with E-state index >= 15 is 0 Å². The van der Waals surface area contributed by atoms with E-state index < -0.39 is 0 Å². The van der Waals surface area contributed by atoms with Crippen molar-refractivity contribution in [2.75, 3.05) is 12.3 Å². The summed E-state index contributed by atoms with van der Waals surface area (Å²) in [7, 11) is 0. The van der Waals surface area contributed by atoms with E-state index in [-0.39, 0.29) is 0 Å². The average molecular weight is 244 g/mol. The Kier molecular flexibility index (Phi) is 3.29. The van der Waals surface area contributed by atoms with Gasteiger partial charge in [-0.05, 0) is 62.3 Å². The van der Waals surface area contributed by atoms with Gasteiger partial charge in [0.15, 0.2) is 0 Å². The van der Waals surface area contributed by atoms with Crippen LogP contribution in [0.5, 0.6) is 0 Å². The molecule has 2 fully saturated rings. The van der Waals surface area contributed by atoms with Crippen molar-refractivity contribution in [1.82, 2.24) is 4.90 Å². The van der Waals surface area contributed by atoms with E-state index in [9.17, 15) is 0 Å². The standard InChI is InChI=1S/C16H24N2/c1-12-10-13(7-8-15(12)17)11-18-9-3-5-14-4-2-6-16(14)18/h7-8,10,14,16H,2-6,9,11,17H2,1H3. The van der Waals surface area contributed by atoms with Crippen molar-refractivity contribution in [2.45, 2.75) is 51.6 Å². The van der Waals surface area contributed by atoms with Crippen LogP contribution in [-0.2, 0) is 6.54 Å². The number of hydrogen-bond acceptors (Lipinski definition) is 2. The lowest BCUT2D eigenvalue weighted by Gasteiger charge is -2.37. The molecule has 1 saturated carbocycles. The molecule has 2 unspecified atom stereocenters. The second-order valence-corrected chi connectivity index (χ2v) is 6.06. The topological polar surface area (TPSA) is 29.3 Å². The number of nitrogens with zero attached hydrogens (tertiary/aromatic N) is 1. The lowest BCUT2D eigenvalue weighted by molar-refractivity contribution is 0.106. The zero-order valence-electron chi connectivity index (χ0n) is 11.4. The van der Waals surface area contributed by atoms with E-state index in [1.54, 1.807) is 0 Å². The zero-order valence-corrected chi connectivity index (χ0v) is 11.4. The van der Waals surface area contributed by atoms with E-state index in [1.165, 1.54) is 49.8 Å². The first-order chi connectivity index (χ1) is 8.74. The third-order valence-electron chi connectivity index (χ3n) is 4.83. The van der Waals surface area contributed by atoms with Gasteiger partial charge in [-0.15, -0.1) is 0 Å². The van der Waals surface area contributed by atoms with Gasteiger partial charge in [0.05, 0.1) is 0 Å². The molecule has 2 atom stereocenters. The van der Waals surface area contributed by atoms with Crippen molar-refractivity contribution >= 4 is 5.69 Å². The number of nitrogen functional groups attached to an aromatic ring is 1.